The molecule has 0 N–H and O–H groups in total. The van der Waals surface area contributed by atoms with Crippen molar-refractivity contribution in [2.75, 3.05) is 0 Å². The fourth-order valence-corrected chi connectivity index (χ4v) is 1.92. The molecule has 0 saturated carbocycles. The SMILES string of the molecule is Cc1ccc(N=Cc2c([N+](=O)[O-])cc([N+](=O)[O-])cc2[N+](=O)[O-])cc1. The molecule has 24 heavy (non-hydrogen) atoms. The molecule has 2 aromatic rings. The molecule has 0 saturated heterocycles. The zero-order valence-corrected chi connectivity index (χ0v) is 12.3. The van der Waals surface area contributed by atoms with Gasteiger partial charge >= 0.3 is 0 Å². The summed E-state index contributed by atoms with van der Waals surface area (Å²) in [6.45, 7) is 1.86. The maximum absolute atomic E-state index is 11.1. The largest absolute Gasteiger partial charge is 0.291 e. The van der Waals surface area contributed by atoms with Crippen molar-refractivity contribution in [1.29, 1.82) is 0 Å². The molecule has 10 nitrogen and oxygen atoms in total. The summed E-state index contributed by atoms with van der Waals surface area (Å²) in [5.74, 6) is 0. The van der Waals surface area contributed by atoms with Crippen LogP contribution in [0.2, 0.25) is 0 Å². The van der Waals surface area contributed by atoms with Gasteiger partial charge in [0, 0.05) is 6.21 Å². The Bertz CT molecular complexity index is 825. The summed E-state index contributed by atoms with van der Waals surface area (Å²) in [6.07, 6.45) is 0.963. The highest BCUT2D eigenvalue weighted by atomic mass is 16.6. The van der Waals surface area contributed by atoms with Gasteiger partial charge in [0.2, 0.25) is 0 Å². The minimum atomic E-state index is -0.930. The molecular formula is C14H10N4O6. The number of aryl methyl sites for hydroxylation is 1. The number of hydrogen-bond acceptors (Lipinski definition) is 7. The maximum atomic E-state index is 11.1. The summed E-state index contributed by atoms with van der Waals surface area (Å²) in [5.41, 5.74) is -1.25. The summed E-state index contributed by atoms with van der Waals surface area (Å²) in [7, 11) is 0. The number of hydrogen-bond donors (Lipinski definition) is 0. The first-order valence-electron chi connectivity index (χ1n) is 6.51. The van der Waals surface area contributed by atoms with Crippen LogP contribution in [-0.2, 0) is 0 Å². The number of nitro groups is 3. The van der Waals surface area contributed by atoms with Crippen LogP contribution in [-0.4, -0.2) is 21.0 Å². The second-order valence-corrected chi connectivity index (χ2v) is 4.76. The van der Waals surface area contributed by atoms with Gasteiger partial charge in [-0.05, 0) is 19.1 Å². The number of aliphatic imine (C=N–C) groups is 1. The zero-order chi connectivity index (χ0) is 17.9. The highest BCUT2D eigenvalue weighted by molar-refractivity contribution is 5.93. The minimum Gasteiger partial charge on any atom is -0.258 e. The van der Waals surface area contributed by atoms with Crippen molar-refractivity contribution in [3.63, 3.8) is 0 Å². The standard InChI is InChI=1S/C14H10N4O6/c1-9-2-4-10(5-3-9)15-8-12-13(17(21)22)6-11(16(19)20)7-14(12)18(23)24/h2-8H,1H3. The van der Waals surface area contributed by atoms with E-state index < -0.39 is 37.4 Å². The molecule has 0 aliphatic carbocycles. The summed E-state index contributed by atoms with van der Waals surface area (Å²) in [6, 6.07) is 8.12. The Kier molecular flexibility index (Phi) is 4.59. The average Bonchev–Trinajstić information content (AvgIpc) is 2.53. The van der Waals surface area contributed by atoms with E-state index in [0.717, 1.165) is 11.8 Å². The molecule has 10 heteroatoms. The van der Waals surface area contributed by atoms with Gasteiger partial charge in [0.05, 0.1) is 32.6 Å². The lowest BCUT2D eigenvalue weighted by atomic mass is 10.1. The van der Waals surface area contributed by atoms with Crippen molar-refractivity contribution in [3.05, 3.63) is 77.9 Å². The molecule has 0 unspecified atom stereocenters. The third-order valence-corrected chi connectivity index (χ3v) is 3.10. The van der Waals surface area contributed by atoms with Gasteiger partial charge in [0.15, 0.2) is 0 Å². The van der Waals surface area contributed by atoms with Gasteiger partial charge in [-0.3, -0.25) is 35.3 Å². The first-order chi connectivity index (χ1) is 11.3. The molecule has 0 amide bonds. The Labute approximate surface area is 134 Å². The molecule has 0 atom stereocenters. The summed E-state index contributed by atoms with van der Waals surface area (Å²) >= 11 is 0. The van der Waals surface area contributed by atoms with Crippen LogP contribution in [0.15, 0.2) is 41.4 Å². The van der Waals surface area contributed by atoms with E-state index in [4.69, 9.17) is 0 Å². The molecule has 0 spiro atoms. The quantitative estimate of drug-likeness (QED) is 0.466. The van der Waals surface area contributed by atoms with Crippen LogP contribution in [0.3, 0.4) is 0 Å². The first kappa shape index (κ1) is 16.7. The molecule has 0 heterocycles. The number of non-ortho nitro benzene ring substituents is 1. The topological polar surface area (TPSA) is 142 Å². The smallest absolute Gasteiger partial charge is 0.258 e. The average molecular weight is 330 g/mol. The molecule has 0 bridgehead atoms. The van der Waals surface area contributed by atoms with E-state index in [-0.39, 0.29) is 0 Å². The second-order valence-electron chi connectivity index (χ2n) is 4.76. The van der Waals surface area contributed by atoms with Gasteiger partial charge in [-0.15, -0.1) is 0 Å². The molecule has 0 aromatic heterocycles. The van der Waals surface area contributed by atoms with Crippen LogP contribution in [0.1, 0.15) is 11.1 Å². The van der Waals surface area contributed by atoms with Crippen molar-refractivity contribution >= 4 is 29.0 Å². The molecular weight excluding hydrogens is 320 g/mol. The van der Waals surface area contributed by atoms with Crippen LogP contribution in [0.25, 0.3) is 0 Å². The Hall–Kier alpha value is -3.69. The lowest BCUT2D eigenvalue weighted by Crippen LogP contribution is -2.02. The summed E-state index contributed by atoms with van der Waals surface area (Å²) < 4.78 is 0. The molecule has 0 radical (unpaired) electrons. The molecule has 0 aliphatic rings. The van der Waals surface area contributed by atoms with Crippen molar-refractivity contribution in [2.45, 2.75) is 6.92 Å². The Morgan fingerprint density at radius 2 is 1.38 bits per heavy atom. The van der Waals surface area contributed by atoms with Crippen molar-refractivity contribution in [2.24, 2.45) is 4.99 Å². The lowest BCUT2D eigenvalue weighted by Gasteiger charge is -2.01. The third kappa shape index (κ3) is 3.55. The summed E-state index contributed by atoms with van der Waals surface area (Å²) in [4.78, 5) is 34.3. The number of benzene rings is 2. The Morgan fingerprint density at radius 3 is 1.79 bits per heavy atom. The highest BCUT2D eigenvalue weighted by Crippen LogP contribution is 2.32. The predicted molar refractivity (Wildman–Crippen MR) is 84.8 cm³/mol. The predicted octanol–water partition coefficient (Wildman–Crippen LogP) is 3.47. The van der Waals surface area contributed by atoms with Crippen LogP contribution in [0.4, 0.5) is 22.7 Å². The van der Waals surface area contributed by atoms with Gasteiger partial charge in [-0.2, -0.15) is 0 Å². The van der Waals surface area contributed by atoms with Crippen molar-refractivity contribution in [1.82, 2.24) is 0 Å². The highest BCUT2D eigenvalue weighted by Gasteiger charge is 2.29. The molecule has 2 aromatic carbocycles. The van der Waals surface area contributed by atoms with Crippen LogP contribution >= 0.6 is 0 Å². The van der Waals surface area contributed by atoms with Crippen LogP contribution < -0.4 is 0 Å². The van der Waals surface area contributed by atoms with E-state index in [9.17, 15) is 30.3 Å². The van der Waals surface area contributed by atoms with Gasteiger partial charge in [-0.25, -0.2) is 0 Å². The van der Waals surface area contributed by atoms with Crippen molar-refractivity contribution < 1.29 is 14.8 Å². The third-order valence-electron chi connectivity index (χ3n) is 3.10. The number of nitrogens with zero attached hydrogens (tertiary/aromatic N) is 4. The van der Waals surface area contributed by atoms with Crippen molar-refractivity contribution in [3.8, 4) is 0 Å². The molecule has 2 rings (SSSR count). The molecule has 0 fully saturated rings. The lowest BCUT2D eigenvalue weighted by molar-refractivity contribution is -0.403. The van der Waals surface area contributed by atoms with E-state index >= 15 is 0 Å². The number of rotatable bonds is 5. The van der Waals surface area contributed by atoms with Gasteiger partial charge in [0.1, 0.15) is 5.56 Å². The van der Waals surface area contributed by atoms with Crippen LogP contribution in [0, 0.1) is 37.3 Å². The van der Waals surface area contributed by atoms with Gasteiger partial charge < -0.3 is 0 Å². The summed E-state index contributed by atoms with van der Waals surface area (Å²) in [5, 5.41) is 33.1. The minimum absolute atomic E-state index is 0.406. The second kappa shape index (κ2) is 6.60. The Balaban J connectivity index is 2.61. The fourth-order valence-electron chi connectivity index (χ4n) is 1.92. The van der Waals surface area contributed by atoms with E-state index in [1.54, 1.807) is 24.3 Å². The van der Waals surface area contributed by atoms with E-state index in [1.807, 2.05) is 6.92 Å². The number of nitro benzene ring substituents is 3. The van der Waals surface area contributed by atoms with Gasteiger partial charge in [-0.1, -0.05) is 17.7 Å². The normalized spacial score (nSPS) is 10.7. The van der Waals surface area contributed by atoms with E-state index in [2.05, 4.69) is 4.99 Å². The zero-order valence-electron chi connectivity index (χ0n) is 12.3. The monoisotopic (exact) mass is 330 g/mol. The first-order valence-corrected chi connectivity index (χ1v) is 6.51. The molecule has 0 aliphatic heterocycles. The Morgan fingerprint density at radius 1 is 0.875 bits per heavy atom. The van der Waals surface area contributed by atoms with Crippen LogP contribution in [0.5, 0.6) is 0 Å². The fraction of sp³-hybridized carbons (Fsp3) is 0.0714. The van der Waals surface area contributed by atoms with Gasteiger partial charge in [0.25, 0.3) is 17.1 Å². The van der Waals surface area contributed by atoms with E-state index in [0.29, 0.717) is 17.8 Å². The maximum Gasteiger partial charge on any atom is 0.291 e. The molecule has 122 valence electrons. The van der Waals surface area contributed by atoms with E-state index in [1.165, 1.54) is 0 Å².